The van der Waals surface area contributed by atoms with E-state index in [2.05, 4.69) is 0 Å². The number of benzene rings is 1. The van der Waals surface area contributed by atoms with E-state index in [1.807, 2.05) is 70.2 Å². The maximum Gasteiger partial charge on any atom is 0.410 e. The highest BCUT2D eigenvalue weighted by atomic mass is 16.6. The number of hydrogen-bond donors (Lipinski definition) is 0. The van der Waals surface area contributed by atoms with E-state index in [-0.39, 0.29) is 12.1 Å². The average Bonchev–Trinajstić information content (AvgIpc) is 3.39. The van der Waals surface area contributed by atoms with E-state index in [1.54, 1.807) is 4.90 Å². The molecule has 0 radical (unpaired) electrons. The summed E-state index contributed by atoms with van der Waals surface area (Å²) in [4.78, 5) is 26.3. The van der Waals surface area contributed by atoms with Gasteiger partial charge in [0.2, 0.25) is 0 Å². The molecule has 0 bridgehead atoms. The van der Waals surface area contributed by atoms with Crippen molar-refractivity contribution in [3.63, 3.8) is 0 Å². The van der Waals surface area contributed by atoms with Crippen LogP contribution in [0.2, 0.25) is 0 Å². The lowest BCUT2D eigenvalue weighted by Crippen LogP contribution is -2.37. The third-order valence-electron chi connectivity index (χ3n) is 5.35. The van der Waals surface area contributed by atoms with Gasteiger partial charge in [0.15, 0.2) is 0 Å². The van der Waals surface area contributed by atoms with Crippen molar-refractivity contribution in [1.82, 2.24) is 4.90 Å². The summed E-state index contributed by atoms with van der Waals surface area (Å²) in [6, 6.07) is 9.99. The Morgan fingerprint density at radius 3 is 2.48 bits per heavy atom. The molecule has 5 nitrogen and oxygen atoms in total. The predicted octanol–water partition coefficient (Wildman–Crippen LogP) is 5.31. The number of carbonyl (C=O) groups is 2. The number of methoxy groups -OCH3 is 1. The highest BCUT2D eigenvalue weighted by molar-refractivity contribution is 5.84. The van der Waals surface area contributed by atoms with Gasteiger partial charge in [-0.25, -0.2) is 4.79 Å². The summed E-state index contributed by atoms with van der Waals surface area (Å²) in [6.07, 6.45) is 7.38. The van der Waals surface area contributed by atoms with E-state index in [4.69, 9.17) is 9.47 Å². The molecule has 1 amide bonds. The van der Waals surface area contributed by atoms with E-state index in [9.17, 15) is 9.59 Å². The van der Waals surface area contributed by atoms with Gasteiger partial charge < -0.3 is 14.4 Å². The van der Waals surface area contributed by atoms with Crippen molar-refractivity contribution in [2.24, 2.45) is 11.3 Å². The molecule has 0 aromatic heterocycles. The number of unbranched alkanes of at least 4 members (excludes halogenated alkanes) is 1. The molecule has 0 saturated heterocycles. The third kappa shape index (κ3) is 6.62. The molecule has 1 fully saturated rings. The molecule has 1 saturated carbocycles. The Morgan fingerprint density at radius 2 is 1.90 bits per heavy atom. The van der Waals surface area contributed by atoms with Gasteiger partial charge in [0, 0.05) is 13.1 Å². The fraction of sp³-hybridized carbons (Fsp3) is 0.583. The summed E-state index contributed by atoms with van der Waals surface area (Å²) < 4.78 is 10.5. The summed E-state index contributed by atoms with van der Waals surface area (Å²) >= 11 is 0. The molecule has 1 aromatic rings. The molecule has 5 heteroatoms. The quantitative estimate of drug-likeness (QED) is 0.416. The van der Waals surface area contributed by atoms with Crippen LogP contribution in [-0.2, 0) is 14.3 Å². The van der Waals surface area contributed by atoms with Gasteiger partial charge in [-0.1, -0.05) is 48.9 Å². The van der Waals surface area contributed by atoms with Crippen molar-refractivity contribution < 1.29 is 19.1 Å². The minimum absolute atomic E-state index is 0.154. The Hall–Kier alpha value is -2.30. The molecule has 29 heavy (non-hydrogen) atoms. The van der Waals surface area contributed by atoms with E-state index in [0.717, 1.165) is 31.2 Å². The summed E-state index contributed by atoms with van der Waals surface area (Å²) in [5.41, 5.74) is 0.0987. The van der Waals surface area contributed by atoms with Gasteiger partial charge in [-0.2, -0.15) is 0 Å². The molecular formula is C24H35NO4. The smallest absolute Gasteiger partial charge is 0.410 e. The van der Waals surface area contributed by atoms with Crippen LogP contribution >= 0.6 is 0 Å². The monoisotopic (exact) mass is 401 g/mol. The van der Waals surface area contributed by atoms with Crippen LogP contribution in [0.3, 0.4) is 0 Å². The first-order valence-corrected chi connectivity index (χ1v) is 10.5. The van der Waals surface area contributed by atoms with Crippen LogP contribution in [0.4, 0.5) is 4.79 Å². The second-order valence-electron chi connectivity index (χ2n) is 8.73. The SMILES string of the molecule is CCN(CCCC[C@H]1C[C@]1(/C=C/c1ccccc1)C(=O)OC)C(=O)OC(C)(C)C. The first kappa shape index (κ1) is 23.0. The van der Waals surface area contributed by atoms with Crippen molar-refractivity contribution in [2.75, 3.05) is 20.2 Å². The van der Waals surface area contributed by atoms with Gasteiger partial charge in [0.25, 0.3) is 0 Å². The van der Waals surface area contributed by atoms with Gasteiger partial charge >= 0.3 is 12.1 Å². The lowest BCUT2D eigenvalue weighted by Gasteiger charge is -2.26. The van der Waals surface area contributed by atoms with Crippen LogP contribution in [0.1, 0.15) is 58.9 Å². The van der Waals surface area contributed by atoms with Crippen molar-refractivity contribution >= 4 is 18.1 Å². The number of amides is 1. The number of ether oxygens (including phenoxy) is 2. The normalized spacial score (nSPS) is 21.1. The molecule has 160 valence electrons. The summed E-state index contributed by atoms with van der Waals surface area (Å²) in [7, 11) is 1.45. The zero-order valence-corrected chi connectivity index (χ0v) is 18.4. The van der Waals surface area contributed by atoms with Gasteiger partial charge in [-0.3, -0.25) is 4.79 Å². The highest BCUT2D eigenvalue weighted by Gasteiger charge is 2.58. The topological polar surface area (TPSA) is 55.8 Å². The zero-order chi connectivity index (χ0) is 21.5. The molecule has 0 unspecified atom stereocenters. The maximum atomic E-state index is 12.4. The zero-order valence-electron chi connectivity index (χ0n) is 18.4. The maximum absolute atomic E-state index is 12.4. The molecule has 1 aliphatic rings. The summed E-state index contributed by atoms with van der Waals surface area (Å²) in [6.45, 7) is 8.89. The van der Waals surface area contributed by atoms with Crippen molar-refractivity contribution in [2.45, 2.75) is 59.0 Å². The second kappa shape index (κ2) is 9.95. The number of esters is 1. The molecule has 1 aliphatic carbocycles. The first-order chi connectivity index (χ1) is 13.7. The van der Waals surface area contributed by atoms with Crippen LogP contribution in [0.5, 0.6) is 0 Å². The van der Waals surface area contributed by atoms with E-state index in [1.165, 1.54) is 7.11 Å². The highest BCUT2D eigenvalue weighted by Crippen LogP contribution is 2.57. The lowest BCUT2D eigenvalue weighted by atomic mass is 9.98. The standard InChI is InChI=1S/C24H35NO4/c1-6-25(22(27)29-23(2,3)4)17-11-10-14-20-18-24(20,21(26)28-5)16-15-19-12-8-7-9-13-19/h7-9,12-13,15-16,20H,6,10-11,14,17-18H2,1-5H3/b16-15+/t20-,24-/m0/s1. The molecule has 0 aliphatic heterocycles. The van der Waals surface area contributed by atoms with E-state index in [0.29, 0.717) is 19.0 Å². The second-order valence-corrected chi connectivity index (χ2v) is 8.73. The van der Waals surface area contributed by atoms with Crippen molar-refractivity contribution in [3.05, 3.63) is 42.0 Å². The number of hydrogen-bond acceptors (Lipinski definition) is 4. The number of carbonyl (C=O) groups excluding carboxylic acids is 2. The lowest BCUT2D eigenvalue weighted by molar-refractivity contribution is -0.145. The Balaban J connectivity index is 1.84. The average molecular weight is 402 g/mol. The Morgan fingerprint density at radius 1 is 1.21 bits per heavy atom. The largest absolute Gasteiger partial charge is 0.468 e. The fourth-order valence-electron chi connectivity index (χ4n) is 3.63. The fourth-order valence-corrected chi connectivity index (χ4v) is 3.63. The Kier molecular flexibility index (Phi) is 7.88. The van der Waals surface area contributed by atoms with Gasteiger partial charge in [-0.05, 0) is 58.4 Å². The predicted molar refractivity (Wildman–Crippen MR) is 115 cm³/mol. The van der Waals surface area contributed by atoms with E-state index >= 15 is 0 Å². The van der Waals surface area contributed by atoms with Crippen LogP contribution < -0.4 is 0 Å². The van der Waals surface area contributed by atoms with Crippen LogP contribution in [0.25, 0.3) is 6.08 Å². The first-order valence-electron chi connectivity index (χ1n) is 10.5. The Labute approximate surface area is 175 Å². The van der Waals surface area contributed by atoms with Gasteiger partial charge in [0.1, 0.15) is 5.60 Å². The number of nitrogens with zero attached hydrogens (tertiary/aromatic N) is 1. The Bertz CT molecular complexity index is 707. The van der Waals surface area contributed by atoms with E-state index < -0.39 is 11.0 Å². The van der Waals surface area contributed by atoms with Crippen molar-refractivity contribution in [1.29, 1.82) is 0 Å². The van der Waals surface area contributed by atoms with Gasteiger partial charge in [-0.15, -0.1) is 0 Å². The van der Waals surface area contributed by atoms with Crippen LogP contribution in [-0.4, -0.2) is 42.8 Å². The van der Waals surface area contributed by atoms with Crippen molar-refractivity contribution in [3.8, 4) is 0 Å². The summed E-state index contributed by atoms with van der Waals surface area (Å²) in [5.74, 6) is 0.144. The molecule has 0 N–H and O–H groups in total. The molecular weight excluding hydrogens is 366 g/mol. The molecule has 0 heterocycles. The molecule has 2 rings (SSSR count). The molecule has 0 spiro atoms. The minimum Gasteiger partial charge on any atom is -0.468 e. The number of rotatable bonds is 9. The summed E-state index contributed by atoms with van der Waals surface area (Å²) in [5, 5.41) is 0. The molecule has 2 atom stereocenters. The van der Waals surface area contributed by atoms with Gasteiger partial charge in [0.05, 0.1) is 12.5 Å². The minimum atomic E-state index is -0.500. The third-order valence-corrected chi connectivity index (χ3v) is 5.35. The molecule has 1 aromatic carbocycles. The van der Waals surface area contributed by atoms with Crippen LogP contribution in [0, 0.1) is 11.3 Å². The van der Waals surface area contributed by atoms with Crippen LogP contribution in [0.15, 0.2) is 36.4 Å².